The molecule has 0 radical (unpaired) electrons. The lowest BCUT2D eigenvalue weighted by Crippen LogP contribution is -2.28. The van der Waals surface area contributed by atoms with Crippen LogP contribution in [0, 0.1) is 5.82 Å². The highest BCUT2D eigenvalue weighted by atomic mass is 19.1. The number of benzene rings is 2. The fourth-order valence-electron chi connectivity index (χ4n) is 2.79. The average Bonchev–Trinajstić information content (AvgIpc) is 3.21. The van der Waals surface area contributed by atoms with Crippen molar-refractivity contribution >= 4 is 5.91 Å². The van der Waals surface area contributed by atoms with E-state index in [-0.39, 0.29) is 17.9 Å². The van der Waals surface area contributed by atoms with Gasteiger partial charge in [-0.2, -0.15) is 5.10 Å². The first kappa shape index (κ1) is 19.4. The molecule has 0 aliphatic heterocycles. The summed E-state index contributed by atoms with van der Waals surface area (Å²) in [6.07, 6.45) is 0.377. The topological polar surface area (TPSA) is 96.5 Å². The third-order valence-electron chi connectivity index (χ3n) is 4.27. The van der Waals surface area contributed by atoms with Gasteiger partial charge in [0.1, 0.15) is 23.4 Å². The lowest BCUT2D eigenvalue weighted by atomic mass is 10.1. The Bertz CT molecular complexity index is 956. The molecule has 28 heavy (non-hydrogen) atoms. The largest absolute Gasteiger partial charge is 0.497 e. The predicted octanol–water partition coefficient (Wildman–Crippen LogP) is 2.70. The van der Waals surface area contributed by atoms with Crippen molar-refractivity contribution in [3.63, 3.8) is 0 Å². The fraction of sp³-hybridized carbons (Fsp3) is 0.200. The summed E-state index contributed by atoms with van der Waals surface area (Å²) in [5.74, 6) is 0.256. The number of rotatable bonds is 7. The van der Waals surface area contributed by atoms with E-state index in [0.29, 0.717) is 28.3 Å². The molecule has 1 aromatic heterocycles. The van der Waals surface area contributed by atoms with Crippen molar-refractivity contribution in [3.8, 4) is 22.8 Å². The number of aliphatic hydroxyl groups excluding tert-OH is 1. The summed E-state index contributed by atoms with van der Waals surface area (Å²) >= 11 is 0. The summed E-state index contributed by atoms with van der Waals surface area (Å²) in [6, 6.07) is 10.8. The Balaban J connectivity index is 1.73. The molecule has 1 amide bonds. The van der Waals surface area contributed by atoms with Crippen LogP contribution in [-0.2, 0) is 0 Å². The standard InChI is InChI=1S/C20H20FN3O4/c1-27-14-7-8-18(28-2)15(9-14)17(25)11-22-20(26)16-10-23-24-19(16)12-3-5-13(21)6-4-12/h3-10,17,25H,11H2,1-2H3,(H,22,26)(H,23,24). The number of hydrogen-bond donors (Lipinski definition) is 3. The SMILES string of the molecule is COc1ccc(OC)c(C(O)CNC(=O)c2cn[nH]c2-c2ccc(F)cc2)c1. The minimum atomic E-state index is -1.00. The van der Waals surface area contributed by atoms with Gasteiger partial charge in [0.15, 0.2) is 0 Å². The summed E-state index contributed by atoms with van der Waals surface area (Å²) in [5, 5.41) is 19.8. The molecule has 3 N–H and O–H groups in total. The third-order valence-corrected chi connectivity index (χ3v) is 4.27. The zero-order valence-corrected chi connectivity index (χ0v) is 15.4. The van der Waals surface area contributed by atoms with Crippen molar-refractivity contribution in [2.45, 2.75) is 6.10 Å². The van der Waals surface area contributed by atoms with Crippen LogP contribution in [0.25, 0.3) is 11.3 Å². The van der Waals surface area contributed by atoms with Gasteiger partial charge in [-0.05, 0) is 42.5 Å². The second-order valence-corrected chi connectivity index (χ2v) is 6.00. The molecule has 1 unspecified atom stereocenters. The van der Waals surface area contributed by atoms with Crippen LogP contribution in [-0.4, -0.2) is 42.0 Å². The van der Waals surface area contributed by atoms with E-state index in [4.69, 9.17) is 9.47 Å². The fourth-order valence-corrected chi connectivity index (χ4v) is 2.79. The van der Waals surface area contributed by atoms with Gasteiger partial charge in [-0.15, -0.1) is 0 Å². The van der Waals surface area contributed by atoms with Gasteiger partial charge in [0.05, 0.1) is 31.7 Å². The lowest BCUT2D eigenvalue weighted by Gasteiger charge is -2.16. The molecule has 2 aromatic carbocycles. The Labute approximate surface area is 161 Å². The van der Waals surface area contributed by atoms with Gasteiger partial charge in [-0.1, -0.05) is 0 Å². The number of aromatic amines is 1. The first-order valence-corrected chi connectivity index (χ1v) is 8.51. The molecule has 0 saturated heterocycles. The van der Waals surface area contributed by atoms with E-state index in [2.05, 4.69) is 15.5 Å². The van der Waals surface area contributed by atoms with Crippen LogP contribution >= 0.6 is 0 Å². The molecule has 0 spiro atoms. The molecule has 8 heteroatoms. The predicted molar refractivity (Wildman–Crippen MR) is 101 cm³/mol. The third kappa shape index (κ3) is 4.12. The van der Waals surface area contributed by atoms with Gasteiger partial charge >= 0.3 is 0 Å². The minimum absolute atomic E-state index is 0.0452. The Kier molecular flexibility index (Phi) is 5.90. The molecule has 0 bridgehead atoms. The van der Waals surface area contributed by atoms with Crippen LogP contribution < -0.4 is 14.8 Å². The maximum absolute atomic E-state index is 13.1. The number of carbonyl (C=O) groups is 1. The van der Waals surface area contributed by atoms with Crippen LogP contribution in [0.5, 0.6) is 11.5 Å². The van der Waals surface area contributed by atoms with E-state index >= 15 is 0 Å². The van der Waals surface area contributed by atoms with Crippen LogP contribution in [0.1, 0.15) is 22.0 Å². The molecule has 0 aliphatic carbocycles. The van der Waals surface area contributed by atoms with E-state index in [9.17, 15) is 14.3 Å². The molecule has 0 fully saturated rings. The van der Waals surface area contributed by atoms with Crippen LogP contribution in [0.3, 0.4) is 0 Å². The van der Waals surface area contributed by atoms with E-state index < -0.39 is 12.0 Å². The number of nitrogens with zero attached hydrogens (tertiary/aromatic N) is 1. The van der Waals surface area contributed by atoms with E-state index in [0.717, 1.165) is 0 Å². The van der Waals surface area contributed by atoms with Crippen LogP contribution in [0.4, 0.5) is 4.39 Å². The Hall–Kier alpha value is -3.39. The van der Waals surface area contributed by atoms with E-state index in [1.165, 1.54) is 32.5 Å². The number of ether oxygens (including phenoxy) is 2. The summed E-state index contributed by atoms with van der Waals surface area (Å²) in [7, 11) is 3.02. The first-order chi connectivity index (χ1) is 13.5. The van der Waals surface area contributed by atoms with Crippen molar-refractivity contribution in [1.82, 2.24) is 15.5 Å². The number of halogens is 1. The van der Waals surface area contributed by atoms with Crippen molar-refractivity contribution < 1.29 is 23.8 Å². The highest BCUT2D eigenvalue weighted by Crippen LogP contribution is 2.29. The minimum Gasteiger partial charge on any atom is -0.497 e. The molecule has 0 saturated carbocycles. The number of carbonyl (C=O) groups excluding carboxylic acids is 1. The summed E-state index contributed by atoms with van der Waals surface area (Å²) in [6.45, 7) is -0.0452. The molecule has 3 aromatic rings. The van der Waals surface area contributed by atoms with Crippen LogP contribution in [0.2, 0.25) is 0 Å². The van der Waals surface area contributed by atoms with Crippen LogP contribution in [0.15, 0.2) is 48.7 Å². The number of methoxy groups -OCH3 is 2. The number of aromatic nitrogens is 2. The van der Waals surface area contributed by atoms with Gasteiger partial charge in [-0.25, -0.2) is 4.39 Å². The highest BCUT2D eigenvalue weighted by molar-refractivity contribution is 5.99. The van der Waals surface area contributed by atoms with Gasteiger partial charge in [0, 0.05) is 17.7 Å². The van der Waals surface area contributed by atoms with Gasteiger partial charge in [0.25, 0.3) is 5.91 Å². The molecule has 146 valence electrons. The van der Waals surface area contributed by atoms with Gasteiger partial charge < -0.3 is 19.9 Å². The maximum atomic E-state index is 13.1. The second-order valence-electron chi connectivity index (χ2n) is 6.00. The second kappa shape index (κ2) is 8.53. The zero-order valence-electron chi connectivity index (χ0n) is 15.4. The van der Waals surface area contributed by atoms with Gasteiger partial charge in [0.2, 0.25) is 0 Å². The lowest BCUT2D eigenvalue weighted by molar-refractivity contribution is 0.0915. The zero-order chi connectivity index (χ0) is 20.1. The highest BCUT2D eigenvalue weighted by Gasteiger charge is 2.19. The number of aliphatic hydroxyl groups is 1. The number of amides is 1. The van der Waals surface area contributed by atoms with E-state index in [1.807, 2.05) is 0 Å². The monoisotopic (exact) mass is 385 g/mol. The molecular weight excluding hydrogens is 365 g/mol. The molecular formula is C20H20FN3O4. The molecule has 1 heterocycles. The molecule has 0 aliphatic rings. The van der Waals surface area contributed by atoms with Crippen molar-refractivity contribution in [2.75, 3.05) is 20.8 Å². The first-order valence-electron chi connectivity index (χ1n) is 8.51. The Morgan fingerprint density at radius 2 is 1.96 bits per heavy atom. The van der Waals surface area contributed by atoms with Crippen molar-refractivity contribution in [1.29, 1.82) is 0 Å². The summed E-state index contributed by atoms with van der Waals surface area (Å²) in [4.78, 5) is 12.6. The number of nitrogens with one attached hydrogen (secondary N) is 2. The summed E-state index contributed by atoms with van der Waals surface area (Å²) < 4.78 is 23.5. The normalized spacial score (nSPS) is 11.7. The van der Waals surface area contributed by atoms with Gasteiger partial charge in [-0.3, -0.25) is 9.89 Å². The average molecular weight is 385 g/mol. The quantitative estimate of drug-likeness (QED) is 0.581. The van der Waals surface area contributed by atoms with E-state index in [1.54, 1.807) is 30.3 Å². The summed E-state index contributed by atoms with van der Waals surface area (Å²) in [5.41, 5.74) is 1.87. The number of hydrogen-bond acceptors (Lipinski definition) is 5. The molecule has 3 rings (SSSR count). The number of H-pyrrole nitrogens is 1. The van der Waals surface area contributed by atoms with Crippen molar-refractivity contribution in [2.24, 2.45) is 0 Å². The Morgan fingerprint density at radius 1 is 1.21 bits per heavy atom. The maximum Gasteiger partial charge on any atom is 0.255 e. The Morgan fingerprint density at radius 3 is 2.64 bits per heavy atom. The van der Waals surface area contributed by atoms with Crippen molar-refractivity contribution in [3.05, 3.63) is 65.6 Å². The molecule has 1 atom stereocenters. The smallest absolute Gasteiger partial charge is 0.255 e. The molecule has 7 nitrogen and oxygen atoms in total.